The Bertz CT molecular complexity index is 1060. The van der Waals surface area contributed by atoms with Gasteiger partial charge in [-0.3, -0.25) is 9.80 Å². The van der Waals surface area contributed by atoms with Crippen LogP contribution in [0.3, 0.4) is 0 Å². The first-order valence-corrected chi connectivity index (χ1v) is 10.2. The van der Waals surface area contributed by atoms with E-state index in [-0.39, 0.29) is 6.03 Å². The van der Waals surface area contributed by atoms with Crippen LogP contribution in [0.4, 0.5) is 22.1 Å². The molecule has 8 heteroatoms. The lowest BCUT2D eigenvalue weighted by Gasteiger charge is -2.33. The van der Waals surface area contributed by atoms with Gasteiger partial charge in [0, 0.05) is 50.3 Å². The Labute approximate surface area is 175 Å². The number of carbonyl (C=O) groups is 1. The van der Waals surface area contributed by atoms with Gasteiger partial charge in [-0.25, -0.2) is 9.78 Å². The number of nitrogens with zero attached hydrogens (tertiary/aromatic N) is 5. The van der Waals surface area contributed by atoms with Gasteiger partial charge in [0.15, 0.2) is 11.4 Å². The molecule has 0 aliphatic carbocycles. The average molecular weight is 407 g/mol. The number of methoxy groups -OCH3 is 1. The van der Waals surface area contributed by atoms with Gasteiger partial charge in [-0.1, -0.05) is 0 Å². The number of piperazine rings is 1. The summed E-state index contributed by atoms with van der Waals surface area (Å²) in [6.07, 6.45) is 1.69. The van der Waals surface area contributed by atoms with E-state index in [0.29, 0.717) is 18.9 Å². The molecule has 2 aliphatic heterocycles. The quantitative estimate of drug-likeness (QED) is 0.662. The van der Waals surface area contributed by atoms with Crippen molar-refractivity contribution in [1.29, 1.82) is 0 Å². The summed E-state index contributed by atoms with van der Waals surface area (Å²) < 4.78 is 11.0. The number of hydrogen-bond donors (Lipinski definition) is 0. The molecule has 0 spiro atoms. The van der Waals surface area contributed by atoms with E-state index in [1.54, 1.807) is 23.2 Å². The minimum atomic E-state index is -0.0696. The van der Waals surface area contributed by atoms with E-state index in [4.69, 9.17) is 14.1 Å². The van der Waals surface area contributed by atoms with Crippen molar-refractivity contribution in [2.75, 3.05) is 68.1 Å². The Balaban J connectivity index is 1.45. The number of carbonyl (C=O) groups excluding carboxylic acids is 1. The minimum Gasteiger partial charge on any atom is -0.497 e. The van der Waals surface area contributed by atoms with Gasteiger partial charge in [-0.2, -0.15) is 0 Å². The molecule has 2 amide bonds. The molecule has 30 heavy (non-hydrogen) atoms. The second-order valence-corrected chi connectivity index (χ2v) is 7.72. The van der Waals surface area contributed by atoms with Gasteiger partial charge < -0.3 is 19.0 Å². The Kier molecular flexibility index (Phi) is 4.71. The van der Waals surface area contributed by atoms with E-state index < -0.39 is 0 Å². The number of anilines is 3. The van der Waals surface area contributed by atoms with E-state index in [1.165, 1.54) is 0 Å². The third kappa shape index (κ3) is 3.23. The molecule has 0 saturated carbocycles. The number of aromatic nitrogens is 1. The van der Waals surface area contributed by atoms with Crippen molar-refractivity contribution in [1.82, 2.24) is 9.88 Å². The molecule has 0 radical (unpaired) electrons. The van der Waals surface area contributed by atoms with Crippen molar-refractivity contribution in [2.24, 2.45) is 0 Å². The van der Waals surface area contributed by atoms with E-state index >= 15 is 0 Å². The predicted octanol–water partition coefficient (Wildman–Crippen LogP) is 3.03. The van der Waals surface area contributed by atoms with Gasteiger partial charge >= 0.3 is 6.03 Å². The third-order valence-electron chi connectivity index (χ3n) is 5.88. The molecule has 0 unspecified atom stereocenters. The predicted molar refractivity (Wildman–Crippen MR) is 117 cm³/mol. The summed E-state index contributed by atoms with van der Waals surface area (Å²) in [5.41, 5.74) is 1.63. The number of fused-ring (bicyclic) bond motifs is 1. The lowest BCUT2D eigenvalue weighted by Crippen LogP contribution is -2.45. The Hall–Kier alpha value is -3.26. The van der Waals surface area contributed by atoms with E-state index in [9.17, 15) is 4.79 Å². The summed E-state index contributed by atoms with van der Waals surface area (Å²) in [6, 6.07) is 11.3. The number of furan rings is 1. The van der Waals surface area contributed by atoms with Crippen LogP contribution in [0.1, 0.15) is 0 Å². The van der Waals surface area contributed by atoms with Crippen LogP contribution in [-0.2, 0) is 0 Å². The molecule has 0 N–H and O–H groups in total. The molecule has 8 nitrogen and oxygen atoms in total. The fourth-order valence-electron chi connectivity index (χ4n) is 4.07. The maximum Gasteiger partial charge on any atom is 0.330 e. The van der Waals surface area contributed by atoms with Gasteiger partial charge in [0.1, 0.15) is 11.6 Å². The Morgan fingerprint density at radius 1 is 0.967 bits per heavy atom. The smallest absolute Gasteiger partial charge is 0.330 e. The fourth-order valence-corrected chi connectivity index (χ4v) is 4.07. The normalized spacial score (nSPS) is 17.9. The fraction of sp³-hybridized carbons (Fsp3) is 0.364. The number of urea groups is 1. The van der Waals surface area contributed by atoms with Gasteiger partial charge in [-0.05, 0) is 43.4 Å². The molecule has 0 bridgehead atoms. The van der Waals surface area contributed by atoms with E-state index in [0.717, 1.165) is 54.4 Å². The number of pyridine rings is 1. The van der Waals surface area contributed by atoms with E-state index in [1.807, 2.05) is 36.4 Å². The van der Waals surface area contributed by atoms with Crippen molar-refractivity contribution >= 4 is 34.3 Å². The van der Waals surface area contributed by atoms with Crippen molar-refractivity contribution in [3.63, 3.8) is 0 Å². The molecule has 1 aromatic carbocycles. The van der Waals surface area contributed by atoms with E-state index in [2.05, 4.69) is 16.8 Å². The highest BCUT2D eigenvalue weighted by atomic mass is 16.5. The summed E-state index contributed by atoms with van der Waals surface area (Å²) in [5, 5.41) is 0.963. The minimum absolute atomic E-state index is 0.0696. The van der Waals surface area contributed by atoms with Crippen LogP contribution in [0.15, 0.2) is 47.1 Å². The van der Waals surface area contributed by atoms with Crippen LogP contribution >= 0.6 is 0 Å². The van der Waals surface area contributed by atoms with Crippen LogP contribution in [0.25, 0.3) is 11.0 Å². The number of hydrogen-bond acceptors (Lipinski definition) is 6. The van der Waals surface area contributed by atoms with Crippen LogP contribution in [0.2, 0.25) is 0 Å². The summed E-state index contributed by atoms with van der Waals surface area (Å²) in [7, 11) is 3.76. The molecular formula is C22H25N5O3. The highest BCUT2D eigenvalue weighted by Gasteiger charge is 2.33. The lowest BCUT2D eigenvalue weighted by atomic mass is 10.2. The number of benzene rings is 1. The van der Waals surface area contributed by atoms with Crippen LogP contribution in [-0.4, -0.2) is 69.3 Å². The first kappa shape index (κ1) is 18.7. The lowest BCUT2D eigenvalue weighted by molar-refractivity contribution is 0.255. The summed E-state index contributed by atoms with van der Waals surface area (Å²) in [5.74, 6) is 2.25. The summed E-state index contributed by atoms with van der Waals surface area (Å²) in [4.78, 5) is 26.2. The van der Waals surface area contributed by atoms with Crippen molar-refractivity contribution in [3.8, 4) is 5.75 Å². The molecule has 3 aromatic rings. The first-order chi connectivity index (χ1) is 14.6. The Morgan fingerprint density at radius 3 is 2.43 bits per heavy atom. The summed E-state index contributed by atoms with van der Waals surface area (Å²) >= 11 is 0. The van der Waals surface area contributed by atoms with Gasteiger partial charge in [0.2, 0.25) is 0 Å². The molecule has 5 rings (SSSR count). The molecule has 156 valence electrons. The largest absolute Gasteiger partial charge is 0.497 e. The number of amides is 2. The second kappa shape index (κ2) is 7.53. The van der Waals surface area contributed by atoms with Crippen molar-refractivity contribution in [3.05, 3.63) is 42.7 Å². The molecule has 2 aliphatic rings. The molecule has 2 saturated heterocycles. The first-order valence-electron chi connectivity index (χ1n) is 10.2. The van der Waals surface area contributed by atoms with Crippen LogP contribution < -0.4 is 19.4 Å². The molecule has 0 atom stereocenters. The Morgan fingerprint density at radius 2 is 1.70 bits per heavy atom. The zero-order valence-corrected chi connectivity index (χ0v) is 17.2. The van der Waals surface area contributed by atoms with Gasteiger partial charge in [-0.15, -0.1) is 0 Å². The highest BCUT2D eigenvalue weighted by Crippen LogP contribution is 2.33. The zero-order chi connectivity index (χ0) is 20.7. The van der Waals surface area contributed by atoms with Gasteiger partial charge in [0.25, 0.3) is 0 Å². The number of likely N-dealkylation sites (N-methyl/N-ethyl adjacent to an activating group) is 1. The zero-order valence-electron chi connectivity index (χ0n) is 17.2. The van der Waals surface area contributed by atoms with Crippen LogP contribution in [0.5, 0.6) is 5.75 Å². The highest BCUT2D eigenvalue weighted by molar-refractivity contribution is 6.06. The number of ether oxygens (including phenoxy) is 1. The molecule has 4 heterocycles. The maximum atomic E-state index is 13.2. The van der Waals surface area contributed by atoms with Crippen molar-refractivity contribution in [2.45, 2.75) is 0 Å². The molecule has 2 aromatic heterocycles. The summed E-state index contributed by atoms with van der Waals surface area (Å²) in [6.45, 7) is 4.91. The van der Waals surface area contributed by atoms with Crippen molar-refractivity contribution < 1.29 is 13.9 Å². The topological polar surface area (TPSA) is 65.3 Å². The van der Waals surface area contributed by atoms with Gasteiger partial charge in [0.05, 0.1) is 13.4 Å². The van der Waals surface area contributed by atoms with Crippen LogP contribution in [0, 0.1) is 0 Å². The SMILES string of the molecule is COc1ccc(N2CCN(c3cc4ccoc4c(N4CCN(C)CC4)n3)C2=O)cc1. The second-order valence-electron chi connectivity index (χ2n) is 7.72. The average Bonchev–Trinajstić information content (AvgIpc) is 3.40. The standard InChI is InChI=1S/C22H25N5O3/c1-24-8-10-25(11-9-24)21-20-16(7-14-30-20)15-19(23-21)27-13-12-26(22(27)28)17-3-5-18(29-2)6-4-17/h3-7,14-15H,8-13H2,1-2H3. The number of rotatable bonds is 4. The third-order valence-corrected chi connectivity index (χ3v) is 5.88. The monoisotopic (exact) mass is 407 g/mol. The maximum absolute atomic E-state index is 13.2. The molecule has 2 fully saturated rings. The molecular weight excluding hydrogens is 382 g/mol.